The summed E-state index contributed by atoms with van der Waals surface area (Å²) in [6, 6.07) is 3.27. The average molecular weight is 211 g/mol. The van der Waals surface area contributed by atoms with Gasteiger partial charge in [0.25, 0.3) is 0 Å². The fraction of sp³-hybridized carbons (Fsp3) is 0.500. The van der Waals surface area contributed by atoms with Gasteiger partial charge >= 0.3 is 0 Å². The second-order valence-corrected chi connectivity index (χ2v) is 4.30. The maximum atomic E-state index is 13.7. The maximum absolute atomic E-state index is 13.7. The predicted octanol–water partition coefficient (Wildman–Crippen LogP) is 2.87. The average Bonchev–Trinajstić information content (AvgIpc) is 2.62. The van der Waals surface area contributed by atoms with E-state index >= 15 is 0 Å². The molecule has 1 aliphatic carbocycles. The number of rotatable bonds is 1. The van der Waals surface area contributed by atoms with Crippen LogP contribution in [0.2, 0.25) is 0 Å². The van der Waals surface area contributed by atoms with E-state index in [0.717, 1.165) is 19.3 Å². The zero-order valence-corrected chi connectivity index (χ0v) is 8.76. The zero-order valence-electron chi connectivity index (χ0n) is 8.76. The highest BCUT2D eigenvalue weighted by atomic mass is 19.2. The second-order valence-electron chi connectivity index (χ2n) is 4.30. The highest BCUT2D eigenvalue weighted by molar-refractivity contribution is 5.29. The van der Waals surface area contributed by atoms with Gasteiger partial charge in [0, 0.05) is 12.0 Å². The van der Waals surface area contributed by atoms with Crippen molar-refractivity contribution in [2.75, 3.05) is 0 Å². The molecule has 2 rings (SSSR count). The van der Waals surface area contributed by atoms with Crippen LogP contribution in [0.25, 0.3) is 0 Å². The first kappa shape index (κ1) is 10.6. The molecule has 82 valence electrons. The van der Waals surface area contributed by atoms with Gasteiger partial charge in [0.15, 0.2) is 11.6 Å². The number of halogens is 2. The third-order valence-electron chi connectivity index (χ3n) is 3.27. The van der Waals surface area contributed by atoms with Crippen LogP contribution in [-0.2, 0) is 0 Å². The molecule has 1 nitrogen and oxygen atoms in total. The predicted molar refractivity (Wildman–Crippen MR) is 55.7 cm³/mol. The summed E-state index contributed by atoms with van der Waals surface area (Å²) in [6.07, 6.45) is 2.76. The van der Waals surface area contributed by atoms with Crippen molar-refractivity contribution in [1.29, 1.82) is 0 Å². The Kier molecular flexibility index (Phi) is 2.74. The van der Waals surface area contributed by atoms with Gasteiger partial charge in [-0.05, 0) is 30.9 Å². The lowest BCUT2D eigenvalue weighted by atomic mass is 9.93. The van der Waals surface area contributed by atoms with Crippen LogP contribution in [0.4, 0.5) is 8.78 Å². The summed E-state index contributed by atoms with van der Waals surface area (Å²) in [5, 5.41) is 0. The number of nitrogens with two attached hydrogens (primary N) is 1. The van der Waals surface area contributed by atoms with Crippen molar-refractivity contribution >= 4 is 0 Å². The summed E-state index contributed by atoms with van der Waals surface area (Å²) in [5.74, 6) is -1.45. The molecule has 1 saturated carbocycles. The lowest BCUT2D eigenvalue weighted by Gasteiger charge is -2.17. The Balaban J connectivity index is 2.40. The molecule has 2 atom stereocenters. The van der Waals surface area contributed by atoms with Crippen LogP contribution in [0.1, 0.15) is 36.3 Å². The van der Waals surface area contributed by atoms with E-state index in [1.807, 2.05) is 0 Å². The van der Waals surface area contributed by atoms with E-state index in [-0.39, 0.29) is 12.0 Å². The Bertz CT molecular complexity index is 376. The van der Waals surface area contributed by atoms with Gasteiger partial charge in [0.1, 0.15) is 0 Å². The summed E-state index contributed by atoms with van der Waals surface area (Å²) in [6.45, 7) is 1.57. The van der Waals surface area contributed by atoms with Gasteiger partial charge in [-0.15, -0.1) is 0 Å². The maximum Gasteiger partial charge on any atom is 0.162 e. The van der Waals surface area contributed by atoms with E-state index in [0.29, 0.717) is 11.1 Å². The summed E-state index contributed by atoms with van der Waals surface area (Å²) in [5.41, 5.74) is 6.68. The Morgan fingerprint density at radius 1 is 1.20 bits per heavy atom. The highest BCUT2D eigenvalue weighted by Gasteiger charge is 2.28. The van der Waals surface area contributed by atoms with Crippen molar-refractivity contribution in [2.45, 2.75) is 38.1 Å². The number of hydrogen-bond donors (Lipinski definition) is 1. The fourth-order valence-corrected chi connectivity index (χ4v) is 2.32. The minimum atomic E-state index is -0.730. The van der Waals surface area contributed by atoms with Crippen molar-refractivity contribution in [1.82, 2.24) is 0 Å². The molecule has 0 saturated heterocycles. The molecular weight excluding hydrogens is 196 g/mol. The summed E-state index contributed by atoms with van der Waals surface area (Å²) < 4.78 is 27.0. The largest absolute Gasteiger partial charge is 0.327 e. The van der Waals surface area contributed by atoms with Crippen LogP contribution in [0.15, 0.2) is 12.1 Å². The number of benzene rings is 1. The van der Waals surface area contributed by atoms with Gasteiger partial charge in [0.2, 0.25) is 0 Å². The molecule has 3 heteroatoms. The summed E-state index contributed by atoms with van der Waals surface area (Å²) in [4.78, 5) is 0. The minimum absolute atomic E-state index is 0.0138. The standard InChI is InChI=1S/C12H15F2N/c1-7-5-6-9(12(14)11(7)13)8-3-2-4-10(8)15/h5-6,8,10H,2-4,15H2,1H3. The molecule has 0 amide bonds. The van der Waals surface area contributed by atoms with Gasteiger partial charge in [-0.1, -0.05) is 18.6 Å². The van der Waals surface area contributed by atoms with Crippen molar-refractivity contribution in [3.63, 3.8) is 0 Å². The Morgan fingerprint density at radius 3 is 2.53 bits per heavy atom. The molecule has 1 aliphatic rings. The van der Waals surface area contributed by atoms with E-state index in [2.05, 4.69) is 0 Å². The SMILES string of the molecule is Cc1ccc(C2CCCC2N)c(F)c1F. The monoisotopic (exact) mass is 211 g/mol. The molecule has 0 heterocycles. The van der Waals surface area contributed by atoms with Gasteiger partial charge in [-0.25, -0.2) is 8.78 Å². The van der Waals surface area contributed by atoms with Crippen LogP contribution >= 0.6 is 0 Å². The molecule has 1 fully saturated rings. The van der Waals surface area contributed by atoms with E-state index in [4.69, 9.17) is 5.73 Å². The van der Waals surface area contributed by atoms with Crippen molar-refractivity contribution in [2.24, 2.45) is 5.73 Å². The van der Waals surface area contributed by atoms with Gasteiger partial charge < -0.3 is 5.73 Å². The second kappa shape index (κ2) is 3.89. The fourth-order valence-electron chi connectivity index (χ4n) is 2.32. The van der Waals surface area contributed by atoms with Crippen molar-refractivity contribution < 1.29 is 8.78 Å². The minimum Gasteiger partial charge on any atom is -0.327 e. The summed E-state index contributed by atoms with van der Waals surface area (Å²) in [7, 11) is 0. The molecule has 2 N–H and O–H groups in total. The van der Waals surface area contributed by atoms with E-state index in [1.165, 1.54) is 0 Å². The molecule has 15 heavy (non-hydrogen) atoms. The molecule has 0 radical (unpaired) electrons. The molecule has 2 unspecified atom stereocenters. The normalized spacial score (nSPS) is 25.9. The van der Waals surface area contributed by atoms with Crippen LogP contribution in [0.5, 0.6) is 0 Å². The Morgan fingerprint density at radius 2 is 1.93 bits per heavy atom. The third-order valence-corrected chi connectivity index (χ3v) is 3.27. The first-order valence-corrected chi connectivity index (χ1v) is 5.31. The Hall–Kier alpha value is -0.960. The molecule has 1 aromatic carbocycles. The Labute approximate surface area is 88.3 Å². The van der Waals surface area contributed by atoms with E-state index in [9.17, 15) is 8.78 Å². The lowest BCUT2D eigenvalue weighted by molar-refractivity contribution is 0.475. The lowest BCUT2D eigenvalue weighted by Crippen LogP contribution is -2.23. The number of hydrogen-bond acceptors (Lipinski definition) is 1. The van der Waals surface area contributed by atoms with Gasteiger partial charge in [-0.2, -0.15) is 0 Å². The first-order chi connectivity index (χ1) is 7.11. The molecule has 0 aromatic heterocycles. The smallest absolute Gasteiger partial charge is 0.162 e. The van der Waals surface area contributed by atoms with E-state index < -0.39 is 11.6 Å². The topological polar surface area (TPSA) is 26.0 Å². The molecule has 0 bridgehead atoms. The van der Waals surface area contributed by atoms with Crippen LogP contribution in [0, 0.1) is 18.6 Å². The molecule has 0 spiro atoms. The molecule has 1 aromatic rings. The van der Waals surface area contributed by atoms with Crippen LogP contribution in [0.3, 0.4) is 0 Å². The van der Waals surface area contributed by atoms with Crippen LogP contribution in [-0.4, -0.2) is 6.04 Å². The number of aryl methyl sites for hydroxylation is 1. The molecular formula is C12H15F2N. The summed E-state index contributed by atoms with van der Waals surface area (Å²) >= 11 is 0. The molecule has 0 aliphatic heterocycles. The van der Waals surface area contributed by atoms with Crippen molar-refractivity contribution in [3.8, 4) is 0 Å². The third kappa shape index (κ3) is 1.76. The first-order valence-electron chi connectivity index (χ1n) is 5.31. The highest BCUT2D eigenvalue weighted by Crippen LogP contribution is 2.35. The van der Waals surface area contributed by atoms with E-state index in [1.54, 1.807) is 19.1 Å². The van der Waals surface area contributed by atoms with Crippen molar-refractivity contribution in [3.05, 3.63) is 34.9 Å². The zero-order chi connectivity index (χ0) is 11.0. The van der Waals surface area contributed by atoms with Gasteiger partial charge in [0.05, 0.1) is 0 Å². The van der Waals surface area contributed by atoms with Crippen LogP contribution < -0.4 is 5.73 Å². The quantitative estimate of drug-likeness (QED) is 0.759. The van der Waals surface area contributed by atoms with Gasteiger partial charge in [-0.3, -0.25) is 0 Å².